The number of carbonyl (C=O) groups is 2. The standard InChI is InChI=1S/C23H31F4NO3/c1-5-6-7-8-9-10-11-12-13-19(21(29)31-4)28(27)22(30)23(25,26)18-14-16(2)20(24)17(3)15-18/h9-10,14-15,19H,5-8,11-13H2,1-4H3/b10-9+/t19-/m1/s1. The van der Waals surface area contributed by atoms with E-state index in [1.54, 1.807) is 0 Å². The topological polar surface area (TPSA) is 46.6 Å². The highest BCUT2D eigenvalue weighted by Gasteiger charge is 2.48. The molecule has 1 aromatic rings. The number of unbranched alkanes of at least 4 members (excludes halogenated alkanes) is 4. The van der Waals surface area contributed by atoms with Crippen molar-refractivity contribution in [1.82, 2.24) is 5.12 Å². The van der Waals surface area contributed by atoms with Gasteiger partial charge >= 0.3 is 17.8 Å². The number of nitrogens with zero attached hydrogens (tertiary/aromatic N) is 1. The monoisotopic (exact) mass is 445 g/mol. The lowest BCUT2D eigenvalue weighted by molar-refractivity contribution is -0.188. The van der Waals surface area contributed by atoms with Crippen molar-refractivity contribution in [2.24, 2.45) is 0 Å². The molecule has 0 bridgehead atoms. The van der Waals surface area contributed by atoms with Crippen molar-refractivity contribution in [2.75, 3.05) is 7.11 Å². The Morgan fingerprint density at radius 1 is 1.10 bits per heavy atom. The maximum atomic E-state index is 14.7. The molecule has 0 saturated carbocycles. The number of benzene rings is 1. The molecule has 0 aromatic heterocycles. The van der Waals surface area contributed by atoms with Gasteiger partial charge in [0.2, 0.25) is 0 Å². The first-order valence-corrected chi connectivity index (χ1v) is 10.4. The molecule has 0 aliphatic heterocycles. The number of ether oxygens (including phenoxy) is 1. The van der Waals surface area contributed by atoms with E-state index in [0.29, 0.717) is 12.8 Å². The molecule has 1 atom stereocenters. The summed E-state index contributed by atoms with van der Waals surface area (Å²) in [7, 11) is 0.992. The summed E-state index contributed by atoms with van der Waals surface area (Å²) in [4.78, 5) is 24.2. The highest BCUT2D eigenvalue weighted by Crippen LogP contribution is 2.34. The van der Waals surface area contributed by atoms with Gasteiger partial charge in [-0.25, -0.2) is 9.18 Å². The summed E-state index contributed by atoms with van der Waals surface area (Å²) < 4.78 is 62.3. The summed E-state index contributed by atoms with van der Waals surface area (Å²) in [5.74, 6) is -8.27. The lowest BCUT2D eigenvalue weighted by Gasteiger charge is -2.25. The van der Waals surface area contributed by atoms with Gasteiger partial charge in [0.15, 0.2) is 6.04 Å². The number of alkyl halides is 2. The number of allylic oxidation sites excluding steroid dienone is 2. The molecule has 0 aliphatic carbocycles. The number of carbonyl (C=O) groups excluding carboxylic acids is 2. The Kier molecular flexibility index (Phi) is 10.7. The third kappa shape index (κ3) is 7.36. The van der Waals surface area contributed by atoms with Gasteiger partial charge in [0, 0.05) is 5.56 Å². The Morgan fingerprint density at radius 2 is 1.65 bits per heavy atom. The Morgan fingerprint density at radius 3 is 2.16 bits per heavy atom. The third-order valence-electron chi connectivity index (χ3n) is 5.00. The summed E-state index contributed by atoms with van der Waals surface area (Å²) in [5, 5.41) is -0.759. The van der Waals surface area contributed by atoms with Crippen molar-refractivity contribution in [3.63, 3.8) is 0 Å². The molecule has 4 nitrogen and oxygen atoms in total. The lowest BCUT2D eigenvalue weighted by atomic mass is 10.0. The van der Waals surface area contributed by atoms with E-state index >= 15 is 0 Å². The van der Waals surface area contributed by atoms with Crippen LogP contribution in [0.4, 0.5) is 17.7 Å². The predicted octanol–water partition coefficient (Wildman–Crippen LogP) is 6.10. The third-order valence-corrected chi connectivity index (χ3v) is 5.00. The molecular weight excluding hydrogens is 414 g/mol. The molecule has 0 unspecified atom stereocenters. The summed E-state index contributed by atoms with van der Waals surface area (Å²) in [6.45, 7) is 4.64. The van der Waals surface area contributed by atoms with E-state index < -0.39 is 40.3 Å². The van der Waals surface area contributed by atoms with Crippen LogP contribution < -0.4 is 0 Å². The fraction of sp³-hybridized carbons (Fsp3) is 0.565. The first kappa shape index (κ1) is 26.7. The highest BCUT2D eigenvalue weighted by molar-refractivity contribution is 5.88. The molecule has 0 fully saturated rings. The molecule has 0 saturated heterocycles. The van der Waals surface area contributed by atoms with Crippen LogP contribution in [0, 0.1) is 19.7 Å². The number of halogens is 4. The predicted molar refractivity (Wildman–Crippen MR) is 111 cm³/mol. The number of hydrogen-bond acceptors (Lipinski definition) is 3. The second-order valence-electron chi connectivity index (χ2n) is 7.55. The Hall–Kier alpha value is -2.38. The van der Waals surface area contributed by atoms with E-state index in [4.69, 9.17) is 0 Å². The maximum absolute atomic E-state index is 14.7. The minimum Gasteiger partial charge on any atom is -0.467 e. The Labute approximate surface area is 181 Å². The van der Waals surface area contributed by atoms with Gasteiger partial charge in [-0.15, -0.1) is 0 Å². The van der Waals surface area contributed by atoms with Crippen LogP contribution in [0.3, 0.4) is 0 Å². The van der Waals surface area contributed by atoms with E-state index in [9.17, 15) is 27.2 Å². The minimum atomic E-state index is -4.27. The van der Waals surface area contributed by atoms with Crippen LogP contribution in [0.15, 0.2) is 24.3 Å². The molecule has 1 aromatic carbocycles. The number of hydrogen-bond donors (Lipinski definition) is 0. The fourth-order valence-electron chi connectivity index (χ4n) is 3.16. The van der Waals surface area contributed by atoms with Gasteiger partial charge in [-0.2, -0.15) is 13.9 Å². The Balaban J connectivity index is 2.88. The van der Waals surface area contributed by atoms with E-state index in [1.807, 2.05) is 12.2 Å². The van der Waals surface area contributed by atoms with Crippen molar-refractivity contribution in [2.45, 2.75) is 77.7 Å². The van der Waals surface area contributed by atoms with E-state index in [1.165, 1.54) is 13.8 Å². The van der Waals surface area contributed by atoms with Gasteiger partial charge in [0.1, 0.15) is 5.82 Å². The average molecular weight is 445 g/mol. The molecule has 8 heteroatoms. The van der Waals surface area contributed by atoms with E-state index in [0.717, 1.165) is 44.9 Å². The second-order valence-corrected chi connectivity index (χ2v) is 7.55. The van der Waals surface area contributed by atoms with Gasteiger partial charge in [0.05, 0.1) is 7.11 Å². The first-order chi connectivity index (χ1) is 14.6. The van der Waals surface area contributed by atoms with Crippen molar-refractivity contribution in [3.8, 4) is 0 Å². The van der Waals surface area contributed by atoms with Gasteiger partial charge in [0.25, 0.3) is 0 Å². The molecule has 1 rings (SSSR count). The maximum Gasteiger partial charge on any atom is 0.352 e. The van der Waals surface area contributed by atoms with Crippen molar-refractivity contribution < 1.29 is 32.0 Å². The van der Waals surface area contributed by atoms with Crippen LogP contribution in [-0.4, -0.2) is 30.2 Å². The normalized spacial score (nSPS) is 12.8. The van der Waals surface area contributed by atoms with E-state index in [-0.39, 0.29) is 17.5 Å². The number of methoxy groups -OCH3 is 1. The zero-order chi connectivity index (χ0) is 23.6. The van der Waals surface area contributed by atoms with Crippen molar-refractivity contribution in [3.05, 3.63) is 46.8 Å². The lowest BCUT2D eigenvalue weighted by Crippen LogP contribution is -2.46. The summed E-state index contributed by atoms with van der Waals surface area (Å²) in [6, 6.07) is -0.200. The van der Waals surface area contributed by atoms with Crippen LogP contribution in [0.1, 0.15) is 68.6 Å². The van der Waals surface area contributed by atoms with Crippen LogP contribution >= 0.6 is 0 Å². The van der Waals surface area contributed by atoms with Crippen LogP contribution in [0.25, 0.3) is 0 Å². The SMILES string of the molecule is CCCCC/C=C/CCC[C@H](C(=O)OC)N(F)C(=O)C(F)(F)c1cc(C)c(F)c(C)c1. The smallest absolute Gasteiger partial charge is 0.352 e. The van der Waals surface area contributed by atoms with Crippen LogP contribution in [0.2, 0.25) is 0 Å². The molecule has 0 N–H and O–H groups in total. The van der Waals surface area contributed by atoms with Gasteiger partial charge in [-0.05, 0) is 69.2 Å². The molecule has 31 heavy (non-hydrogen) atoms. The molecule has 174 valence electrons. The largest absolute Gasteiger partial charge is 0.467 e. The van der Waals surface area contributed by atoms with E-state index in [2.05, 4.69) is 11.7 Å². The molecule has 1 amide bonds. The molecule has 0 heterocycles. The first-order valence-electron chi connectivity index (χ1n) is 10.4. The Bertz CT molecular complexity index is 757. The average Bonchev–Trinajstić information content (AvgIpc) is 2.74. The summed E-state index contributed by atoms with van der Waals surface area (Å²) >= 11 is 0. The molecule has 0 spiro atoms. The highest BCUT2D eigenvalue weighted by atomic mass is 19.3. The quantitative estimate of drug-likeness (QED) is 0.128. The second kappa shape index (κ2) is 12.5. The van der Waals surface area contributed by atoms with Crippen molar-refractivity contribution in [1.29, 1.82) is 0 Å². The summed E-state index contributed by atoms with van der Waals surface area (Å²) in [5.41, 5.74) is -1.03. The van der Waals surface area contributed by atoms with Gasteiger partial charge < -0.3 is 4.74 Å². The zero-order valence-electron chi connectivity index (χ0n) is 18.5. The minimum absolute atomic E-state index is 0.0943. The summed E-state index contributed by atoms with van der Waals surface area (Å²) in [6.07, 6.45) is 8.69. The zero-order valence-corrected chi connectivity index (χ0v) is 18.5. The van der Waals surface area contributed by atoms with Gasteiger partial charge in [-0.1, -0.05) is 36.4 Å². The molecule has 0 radical (unpaired) electrons. The number of amides is 1. The number of esters is 1. The molecule has 0 aliphatic rings. The molecular formula is C23H31F4NO3. The fourth-order valence-corrected chi connectivity index (χ4v) is 3.16. The van der Waals surface area contributed by atoms with Gasteiger partial charge in [-0.3, -0.25) is 4.79 Å². The van der Waals surface area contributed by atoms with Crippen molar-refractivity contribution >= 4 is 11.9 Å². The number of rotatable bonds is 12. The van der Waals surface area contributed by atoms with Crippen LogP contribution in [0.5, 0.6) is 0 Å². The van der Waals surface area contributed by atoms with Crippen LogP contribution in [-0.2, 0) is 20.2 Å². The number of aryl methyl sites for hydroxylation is 2.